The van der Waals surface area contributed by atoms with Crippen molar-refractivity contribution in [3.05, 3.63) is 60.8 Å². The fourth-order valence-corrected chi connectivity index (χ4v) is 10.1. The van der Waals surface area contributed by atoms with Gasteiger partial charge in [-0.1, -0.05) is 319 Å². The van der Waals surface area contributed by atoms with Gasteiger partial charge in [0.15, 0.2) is 6.10 Å². The molecule has 0 saturated carbocycles. The highest BCUT2D eigenvalue weighted by Gasteiger charge is 2.19. The van der Waals surface area contributed by atoms with Crippen LogP contribution in [0.4, 0.5) is 0 Å². The summed E-state index contributed by atoms with van der Waals surface area (Å²) in [6, 6.07) is 0. The molecule has 0 N–H and O–H groups in total. The summed E-state index contributed by atoms with van der Waals surface area (Å²) in [5.41, 5.74) is 0. The van der Waals surface area contributed by atoms with Gasteiger partial charge >= 0.3 is 17.9 Å². The summed E-state index contributed by atoms with van der Waals surface area (Å²) in [5.74, 6) is -0.879. The lowest BCUT2D eigenvalue weighted by Crippen LogP contribution is -2.30. The highest BCUT2D eigenvalue weighted by Crippen LogP contribution is 2.18. The average Bonchev–Trinajstić information content (AvgIpc) is 3.44. The molecule has 0 aromatic rings. The van der Waals surface area contributed by atoms with Gasteiger partial charge in [-0.05, 0) is 83.5 Å². The van der Waals surface area contributed by atoms with Crippen LogP contribution >= 0.6 is 0 Å². The lowest BCUT2D eigenvalue weighted by atomic mass is 10.0. The zero-order chi connectivity index (χ0) is 56.4. The SMILES string of the molecule is CC/C=C\C/C=C\C/C=C\CCCCCCCC(=O)OCC(COC(=O)CCCCCCCCCCCCCCCCCCCCCCCCCCCC)OC(=O)CCCCCCCCCCC/C=C\C/C=C\CCCCC. The molecule has 1 atom stereocenters. The Balaban J connectivity index is 4.27. The molecular formula is C72H130O6. The largest absolute Gasteiger partial charge is 0.462 e. The van der Waals surface area contributed by atoms with Gasteiger partial charge < -0.3 is 14.2 Å². The molecule has 0 fully saturated rings. The van der Waals surface area contributed by atoms with Gasteiger partial charge in [-0.25, -0.2) is 0 Å². The molecule has 0 aromatic carbocycles. The number of carbonyl (C=O) groups excluding carboxylic acids is 3. The first-order valence-corrected chi connectivity index (χ1v) is 34.3. The van der Waals surface area contributed by atoms with E-state index in [9.17, 15) is 14.4 Å². The maximum atomic E-state index is 12.9. The summed E-state index contributed by atoms with van der Waals surface area (Å²) in [7, 11) is 0. The Hall–Kier alpha value is -2.89. The summed E-state index contributed by atoms with van der Waals surface area (Å²) in [6.45, 7) is 6.55. The molecule has 0 aliphatic carbocycles. The Morgan fingerprint density at radius 2 is 0.500 bits per heavy atom. The lowest BCUT2D eigenvalue weighted by Gasteiger charge is -2.18. The van der Waals surface area contributed by atoms with Gasteiger partial charge in [0, 0.05) is 19.3 Å². The monoisotopic (exact) mass is 1090 g/mol. The minimum absolute atomic E-state index is 0.0782. The summed E-state index contributed by atoms with van der Waals surface area (Å²) >= 11 is 0. The Labute approximate surface area is 485 Å². The Bertz CT molecular complexity index is 1390. The molecule has 0 spiro atoms. The van der Waals surface area contributed by atoms with Gasteiger partial charge in [-0.3, -0.25) is 14.4 Å². The zero-order valence-electron chi connectivity index (χ0n) is 52.2. The quantitative estimate of drug-likeness (QED) is 0.0261. The number of hydrogen-bond acceptors (Lipinski definition) is 6. The van der Waals surface area contributed by atoms with E-state index in [4.69, 9.17) is 14.2 Å². The van der Waals surface area contributed by atoms with Crippen LogP contribution in [-0.4, -0.2) is 37.2 Å². The van der Waals surface area contributed by atoms with E-state index in [1.165, 1.54) is 218 Å². The van der Waals surface area contributed by atoms with Crippen LogP contribution in [0.2, 0.25) is 0 Å². The third-order valence-corrected chi connectivity index (χ3v) is 15.3. The Morgan fingerprint density at radius 3 is 0.808 bits per heavy atom. The van der Waals surface area contributed by atoms with Crippen LogP contribution in [0.5, 0.6) is 0 Å². The maximum Gasteiger partial charge on any atom is 0.306 e. The molecule has 0 radical (unpaired) electrons. The first-order valence-electron chi connectivity index (χ1n) is 34.3. The van der Waals surface area contributed by atoms with Crippen molar-refractivity contribution in [3.63, 3.8) is 0 Å². The number of ether oxygens (including phenoxy) is 3. The predicted molar refractivity (Wildman–Crippen MR) is 339 cm³/mol. The van der Waals surface area contributed by atoms with Crippen LogP contribution in [0.1, 0.15) is 361 Å². The second kappa shape index (κ2) is 66.6. The fourth-order valence-electron chi connectivity index (χ4n) is 10.1. The van der Waals surface area contributed by atoms with Crippen LogP contribution in [-0.2, 0) is 28.6 Å². The smallest absolute Gasteiger partial charge is 0.306 e. The number of allylic oxidation sites excluding steroid dienone is 10. The Kier molecular flexibility index (Phi) is 64.2. The molecule has 0 aliphatic heterocycles. The van der Waals surface area contributed by atoms with Gasteiger partial charge in [0.25, 0.3) is 0 Å². The molecule has 1 unspecified atom stereocenters. The van der Waals surface area contributed by atoms with E-state index in [1.807, 2.05) is 0 Å². The lowest BCUT2D eigenvalue weighted by molar-refractivity contribution is -0.167. The second-order valence-electron chi connectivity index (χ2n) is 23.1. The van der Waals surface area contributed by atoms with Gasteiger partial charge in [0.1, 0.15) is 13.2 Å². The predicted octanol–water partition coefficient (Wildman–Crippen LogP) is 23.5. The van der Waals surface area contributed by atoms with Crippen LogP contribution in [0, 0.1) is 0 Å². The first kappa shape index (κ1) is 75.1. The van der Waals surface area contributed by atoms with Crippen LogP contribution in [0.25, 0.3) is 0 Å². The summed E-state index contributed by atoms with van der Waals surface area (Å²) in [5, 5.41) is 0. The summed E-state index contributed by atoms with van der Waals surface area (Å²) in [6.07, 6.45) is 85.3. The van der Waals surface area contributed by atoms with Gasteiger partial charge in [0.05, 0.1) is 0 Å². The van der Waals surface area contributed by atoms with Crippen molar-refractivity contribution < 1.29 is 28.6 Å². The summed E-state index contributed by atoms with van der Waals surface area (Å²) < 4.78 is 17.0. The first-order chi connectivity index (χ1) is 38.5. The highest BCUT2D eigenvalue weighted by atomic mass is 16.6. The topological polar surface area (TPSA) is 78.9 Å². The molecule has 0 rings (SSSR count). The van der Waals surface area contributed by atoms with E-state index < -0.39 is 6.10 Å². The highest BCUT2D eigenvalue weighted by molar-refractivity contribution is 5.71. The average molecular weight is 1090 g/mol. The van der Waals surface area contributed by atoms with Crippen LogP contribution < -0.4 is 0 Å². The number of carbonyl (C=O) groups is 3. The molecular weight excluding hydrogens is 961 g/mol. The second-order valence-corrected chi connectivity index (χ2v) is 23.1. The Morgan fingerprint density at radius 1 is 0.269 bits per heavy atom. The molecule has 78 heavy (non-hydrogen) atoms. The van der Waals surface area contributed by atoms with Crippen molar-refractivity contribution in [1.82, 2.24) is 0 Å². The van der Waals surface area contributed by atoms with Crippen molar-refractivity contribution in [3.8, 4) is 0 Å². The normalized spacial score (nSPS) is 12.4. The molecule has 454 valence electrons. The fraction of sp³-hybridized carbons (Fsp3) is 0.819. The molecule has 0 heterocycles. The van der Waals surface area contributed by atoms with Gasteiger partial charge in [0.2, 0.25) is 0 Å². The molecule has 6 heteroatoms. The molecule has 0 bridgehead atoms. The van der Waals surface area contributed by atoms with E-state index in [0.29, 0.717) is 19.3 Å². The number of hydrogen-bond donors (Lipinski definition) is 0. The third-order valence-electron chi connectivity index (χ3n) is 15.3. The minimum Gasteiger partial charge on any atom is -0.462 e. The zero-order valence-corrected chi connectivity index (χ0v) is 52.2. The van der Waals surface area contributed by atoms with Crippen molar-refractivity contribution in [2.75, 3.05) is 13.2 Å². The minimum atomic E-state index is -0.784. The molecule has 0 aromatic heterocycles. The van der Waals surface area contributed by atoms with Crippen molar-refractivity contribution >= 4 is 17.9 Å². The van der Waals surface area contributed by atoms with E-state index in [0.717, 1.165) is 103 Å². The van der Waals surface area contributed by atoms with Crippen molar-refractivity contribution in [2.45, 2.75) is 367 Å². The maximum absolute atomic E-state index is 12.9. The van der Waals surface area contributed by atoms with Crippen molar-refractivity contribution in [1.29, 1.82) is 0 Å². The van der Waals surface area contributed by atoms with Gasteiger partial charge in [-0.2, -0.15) is 0 Å². The van der Waals surface area contributed by atoms with Crippen LogP contribution in [0.15, 0.2) is 60.8 Å². The molecule has 0 amide bonds. The van der Waals surface area contributed by atoms with Gasteiger partial charge in [-0.15, -0.1) is 0 Å². The van der Waals surface area contributed by atoms with E-state index in [-0.39, 0.29) is 31.1 Å². The standard InChI is InChI=1S/C72H130O6/c1-4-7-10-13-16-19-22-25-28-30-32-33-34-35-36-37-38-40-41-44-47-50-53-56-59-62-65-71(74)77-68-69(67-76-70(73)64-61-58-55-52-49-46-43-27-24-21-18-15-12-9-6-3)78-72(75)66-63-60-57-54-51-48-45-42-39-31-29-26-23-20-17-14-11-8-5-2/h9,12,17-18,20-21,26-27,29,43,69H,4-8,10-11,13-16,19,22-25,28,30-42,44-68H2,1-3H3/b12-9-,20-17-,21-18-,29-26-,43-27-. The molecule has 0 aliphatic rings. The van der Waals surface area contributed by atoms with Crippen molar-refractivity contribution in [2.24, 2.45) is 0 Å². The van der Waals surface area contributed by atoms with E-state index in [2.05, 4.69) is 81.5 Å². The number of rotatable bonds is 63. The van der Waals surface area contributed by atoms with Crippen LogP contribution in [0.3, 0.4) is 0 Å². The third kappa shape index (κ3) is 63.9. The number of esters is 3. The van der Waals surface area contributed by atoms with E-state index >= 15 is 0 Å². The molecule has 0 saturated heterocycles. The van der Waals surface area contributed by atoms with E-state index in [1.54, 1.807) is 0 Å². The molecule has 6 nitrogen and oxygen atoms in total. The number of unbranched alkanes of at least 4 members (excludes halogenated alkanes) is 42. The summed E-state index contributed by atoms with van der Waals surface area (Å²) in [4.78, 5) is 38.4.